The standard InChI is InChI=1S/C14H19N5OS/c1-10-7-21-13(17-10)12-5-3-4-6-18(12)14(20)11(2)19-9-15-8-16-19/h7-9,11-12H,3-6H2,1-2H3/t11-,12-/m1/s1. The van der Waals surface area contributed by atoms with Crippen molar-refractivity contribution < 1.29 is 4.79 Å². The average Bonchev–Trinajstić information content (AvgIpc) is 3.17. The summed E-state index contributed by atoms with van der Waals surface area (Å²) >= 11 is 1.65. The topological polar surface area (TPSA) is 63.9 Å². The van der Waals surface area contributed by atoms with Crippen LogP contribution in [0.25, 0.3) is 0 Å². The lowest BCUT2D eigenvalue weighted by atomic mass is 10.0. The molecule has 1 aliphatic rings. The Bertz CT molecular complexity index is 609. The number of amides is 1. The SMILES string of the molecule is Cc1csc([C@H]2CCCCN2C(=O)[C@@H](C)n2cncn2)n1. The molecule has 0 aromatic carbocycles. The maximum atomic E-state index is 12.8. The van der Waals surface area contributed by atoms with Crippen LogP contribution in [0.2, 0.25) is 0 Å². The summed E-state index contributed by atoms with van der Waals surface area (Å²) in [5.74, 6) is 0.0954. The zero-order valence-electron chi connectivity index (χ0n) is 12.3. The quantitative estimate of drug-likeness (QED) is 0.873. The van der Waals surface area contributed by atoms with E-state index in [1.807, 2.05) is 24.1 Å². The molecule has 1 fully saturated rings. The highest BCUT2D eigenvalue weighted by atomic mass is 32.1. The molecule has 0 aliphatic carbocycles. The van der Waals surface area contributed by atoms with Crippen LogP contribution in [0.15, 0.2) is 18.0 Å². The third-order valence-corrected chi connectivity index (χ3v) is 4.96. The number of rotatable bonds is 3. The maximum Gasteiger partial charge on any atom is 0.247 e. The van der Waals surface area contributed by atoms with Gasteiger partial charge >= 0.3 is 0 Å². The molecule has 7 heteroatoms. The van der Waals surface area contributed by atoms with Gasteiger partial charge in [0.1, 0.15) is 23.7 Å². The van der Waals surface area contributed by atoms with Crippen LogP contribution < -0.4 is 0 Å². The van der Waals surface area contributed by atoms with Crippen LogP contribution in [-0.4, -0.2) is 37.1 Å². The third-order valence-electron chi connectivity index (χ3n) is 3.90. The van der Waals surface area contributed by atoms with Gasteiger partial charge in [-0.1, -0.05) is 0 Å². The van der Waals surface area contributed by atoms with Crippen LogP contribution in [0.1, 0.15) is 49.0 Å². The second-order valence-corrected chi connectivity index (χ2v) is 6.31. The van der Waals surface area contributed by atoms with Crippen molar-refractivity contribution in [1.82, 2.24) is 24.6 Å². The van der Waals surface area contributed by atoms with Crippen molar-refractivity contribution in [1.29, 1.82) is 0 Å². The van der Waals surface area contributed by atoms with Gasteiger partial charge in [0.15, 0.2) is 0 Å². The fourth-order valence-corrected chi connectivity index (χ4v) is 3.69. The molecule has 0 N–H and O–H groups in total. The largest absolute Gasteiger partial charge is 0.331 e. The molecule has 1 aliphatic heterocycles. The molecule has 3 heterocycles. The van der Waals surface area contributed by atoms with Gasteiger partial charge in [0.2, 0.25) is 5.91 Å². The van der Waals surface area contributed by atoms with Crippen molar-refractivity contribution in [3.8, 4) is 0 Å². The van der Waals surface area contributed by atoms with Gasteiger partial charge in [0.05, 0.1) is 6.04 Å². The highest BCUT2D eigenvalue weighted by Crippen LogP contribution is 2.34. The molecule has 0 radical (unpaired) electrons. The van der Waals surface area contributed by atoms with Crippen LogP contribution in [0.3, 0.4) is 0 Å². The smallest absolute Gasteiger partial charge is 0.247 e. The van der Waals surface area contributed by atoms with Crippen LogP contribution in [-0.2, 0) is 4.79 Å². The first-order valence-electron chi connectivity index (χ1n) is 7.23. The van der Waals surface area contributed by atoms with E-state index >= 15 is 0 Å². The third kappa shape index (κ3) is 2.83. The molecule has 1 amide bonds. The molecular weight excluding hydrogens is 286 g/mol. The van der Waals surface area contributed by atoms with E-state index in [4.69, 9.17) is 0 Å². The Balaban J connectivity index is 1.82. The minimum absolute atomic E-state index is 0.0954. The highest BCUT2D eigenvalue weighted by molar-refractivity contribution is 7.09. The number of hydrogen-bond donors (Lipinski definition) is 0. The summed E-state index contributed by atoms with van der Waals surface area (Å²) in [6.45, 7) is 4.66. The first-order valence-corrected chi connectivity index (χ1v) is 8.11. The molecule has 112 valence electrons. The number of aromatic nitrogens is 4. The van der Waals surface area contributed by atoms with Crippen molar-refractivity contribution in [3.63, 3.8) is 0 Å². The van der Waals surface area contributed by atoms with Crippen LogP contribution >= 0.6 is 11.3 Å². The van der Waals surface area contributed by atoms with E-state index in [1.54, 1.807) is 22.3 Å². The molecule has 21 heavy (non-hydrogen) atoms. The summed E-state index contributed by atoms with van der Waals surface area (Å²) in [5.41, 5.74) is 1.03. The van der Waals surface area contributed by atoms with Gasteiger partial charge in [0.25, 0.3) is 0 Å². The van der Waals surface area contributed by atoms with Gasteiger partial charge < -0.3 is 4.90 Å². The number of carbonyl (C=O) groups is 1. The van der Waals surface area contributed by atoms with Crippen molar-refractivity contribution in [3.05, 3.63) is 28.7 Å². The van der Waals surface area contributed by atoms with Crippen LogP contribution in [0.4, 0.5) is 0 Å². The van der Waals surface area contributed by atoms with E-state index in [1.165, 1.54) is 6.33 Å². The zero-order chi connectivity index (χ0) is 14.8. The summed E-state index contributed by atoms with van der Waals surface area (Å²) in [7, 11) is 0. The predicted molar refractivity (Wildman–Crippen MR) is 79.9 cm³/mol. The normalized spacial score (nSPS) is 20.5. The number of nitrogens with zero attached hydrogens (tertiary/aromatic N) is 5. The molecule has 0 saturated carbocycles. The number of aryl methyl sites for hydroxylation is 1. The number of carbonyl (C=O) groups excluding carboxylic acids is 1. The van der Waals surface area contributed by atoms with E-state index in [2.05, 4.69) is 15.1 Å². The summed E-state index contributed by atoms with van der Waals surface area (Å²) in [6, 6.07) is -0.218. The number of thiazole rings is 1. The van der Waals surface area contributed by atoms with E-state index < -0.39 is 0 Å². The highest BCUT2D eigenvalue weighted by Gasteiger charge is 2.33. The maximum absolute atomic E-state index is 12.8. The molecule has 2 aromatic rings. The van der Waals surface area contributed by atoms with E-state index in [-0.39, 0.29) is 18.0 Å². The zero-order valence-corrected chi connectivity index (χ0v) is 13.1. The van der Waals surface area contributed by atoms with Gasteiger partial charge in [-0.2, -0.15) is 5.10 Å². The summed E-state index contributed by atoms with van der Waals surface area (Å²) in [5, 5.41) is 7.18. The minimum atomic E-state index is -0.325. The van der Waals surface area contributed by atoms with Crippen molar-refractivity contribution in [2.24, 2.45) is 0 Å². The summed E-state index contributed by atoms with van der Waals surface area (Å²) in [4.78, 5) is 23.3. The lowest BCUT2D eigenvalue weighted by Crippen LogP contribution is -2.42. The van der Waals surface area contributed by atoms with Crippen LogP contribution in [0.5, 0.6) is 0 Å². The van der Waals surface area contributed by atoms with Crippen LogP contribution in [0, 0.1) is 6.92 Å². The molecular formula is C14H19N5OS. The fraction of sp³-hybridized carbons (Fsp3) is 0.571. The molecule has 0 spiro atoms. The Kier molecular flexibility index (Phi) is 4.01. The lowest BCUT2D eigenvalue weighted by Gasteiger charge is -2.36. The molecule has 2 atom stereocenters. The molecule has 1 saturated heterocycles. The van der Waals surface area contributed by atoms with Crippen molar-refractivity contribution in [2.75, 3.05) is 6.54 Å². The monoisotopic (exact) mass is 305 g/mol. The van der Waals surface area contributed by atoms with Gasteiger partial charge in [0, 0.05) is 17.6 Å². The summed E-state index contributed by atoms with van der Waals surface area (Å²) in [6.07, 6.45) is 6.24. The van der Waals surface area contributed by atoms with E-state index in [0.717, 1.165) is 36.5 Å². The Morgan fingerprint density at radius 2 is 2.33 bits per heavy atom. The second-order valence-electron chi connectivity index (χ2n) is 5.42. The molecule has 6 nitrogen and oxygen atoms in total. The molecule has 3 rings (SSSR count). The van der Waals surface area contributed by atoms with Gasteiger partial charge in [-0.05, 0) is 33.1 Å². The number of likely N-dealkylation sites (tertiary alicyclic amines) is 1. The Hall–Kier alpha value is -1.76. The first-order chi connectivity index (χ1) is 10.2. The van der Waals surface area contributed by atoms with Gasteiger partial charge in [-0.3, -0.25) is 4.79 Å². The number of hydrogen-bond acceptors (Lipinski definition) is 5. The second kappa shape index (κ2) is 5.93. The van der Waals surface area contributed by atoms with Gasteiger partial charge in [-0.15, -0.1) is 11.3 Å². The lowest BCUT2D eigenvalue weighted by molar-refractivity contribution is -0.138. The predicted octanol–water partition coefficient (Wildman–Crippen LogP) is 2.36. The fourth-order valence-electron chi connectivity index (χ4n) is 2.75. The molecule has 0 unspecified atom stereocenters. The van der Waals surface area contributed by atoms with E-state index in [9.17, 15) is 4.79 Å². The van der Waals surface area contributed by atoms with Crippen molar-refractivity contribution >= 4 is 17.2 Å². The van der Waals surface area contributed by atoms with Gasteiger partial charge in [-0.25, -0.2) is 14.6 Å². The van der Waals surface area contributed by atoms with Crippen molar-refractivity contribution in [2.45, 2.75) is 45.2 Å². The molecule has 0 bridgehead atoms. The number of piperidine rings is 1. The Labute approximate surface area is 127 Å². The average molecular weight is 305 g/mol. The Morgan fingerprint density at radius 3 is 3.00 bits per heavy atom. The summed E-state index contributed by atoms with van der Waals surface area (Å²) < 4.78 is 1.61. The minimum Gasteiger partial charge on any atom is -0.331 e. The first kappa shape index (κ1) is 14.2. The Morgan fingerprint density at radius 1 is 1.48 bits per heavy atom. The molecule has 2 aromatic heterocycles. The van der Waals surface area contributed by atoms with E-state index in [0.29, 0.717) is 0 Å².